The van der Waals surface area contributed by atoms with Gasteiger partial charge >= 0.3 is 0 Å². The van der Waals surface area contributed by atoms with Crippen molar-refractivity contribution in [1.82, 2.24) is 10.2 Å². The molecule has 1 aliphatic heterocycles. The molecule has 140 valence electrons. The van der Waals surface area contributed by atoms with E-state index in [4.69, 9.17) is 0 Å². The van der Waals surface area contributed by atoms with E-state index >= 15 is 0 Å². The molecule has 8 nitrogen and oxygen atoms in total. The standard InChI is InChI=1S/C16H20N4O4S2/c1-2-20(13-10-11-25(21,22)12-13)16-9-8-15(17-18-16)19-26(23,24)14-6-4-3-5-7-14/h3-9,13H,2,10-12H2,1H3,(H,17,19). The second-order valence-corrected chi connectivity index (χ2v) is 9.95. The zero-order chi connectivity index (χ0) is 18.8. The number of nitrogens with zero attached hydrogens (tertiary/aromatic N) is 3. The molecular weight excluding hydrogens is 376 g/mol. The van der Waals surface area contributed by atoms with Crippen molar-refractivity contribution in [3.8, 4) is 0 Å². The molecule has 1 aliphatic rings. The second-order valence-electron chi connectivity index (χ2n) is 6.04. The summed E-state index contributed by atoms with van der Waals surface area (Å²) < 4.78 is 50.4. The van der Waals surface area contributed by atoms with E-state index in [1.54, 1.807) is 24.3 Å². The number of rotatable bonds is 6. The van der Waals surface area contributed by atoms with Crippen LogP contribution in [0.5, 0.6) is 0 Å². The van der Waals surface area contributed by atoms with Gasteiger partial charge in [0.05, 0.1) is 16.4 Å². The first-order valence-electron chi connectivity index (χ1n) is 8.19. The molecule has 0 spiro atoms. The molecule has 26 heavy (non-hydrogen) atoms. The van der Waals surface area contributed by atoms with Gasteiger partial charge in [-0.1, -0.05) is 18.2 Å². The lowest BCUT2D eigenvalue weighted by Gasteiger charge is -2.27. The SMILES string of the molecule is CCN(c1ccc(NS(=O)(=O)c2ccccc2)nn1)C1CCS(=O)(=O)C1. The van der Waals surface area contributed by atoms with Gasteiger partial charge in [0.2, 0.25) is 0 Å². The molecule has 2 aromatic rings. The zero-order valence-electron chi connectivity index (χ0n) is 14.2. The van der Waals surface area contributed by atoms with Crippen LogP contribution in [0.4, 0.5) is 11.6 Å². The Labute approximate surface area is 153 Å². The fourth-order valence-electron chi connectivity index (χ4n) is 2.96. The first-order chi connectivity index (χ1) is 12.3. The maximum absolute atomic E-state index is 12.3. The summed E-state index contributed by atoms with van der Waals surface area (Å²) in [5, 5.41) is 8.01. The minimum Gasteiger partial charge on any atom is -0.351 e. The Hall–Kier alpha value is -2.20. The molecule has 0 amide bonds. The van der Waals surface area contributed by atoms with Gasteiger partial charge in [0.15, 0.2) is 21.5 Å². The summed E-state index contributed by atoms with van der Waals surface area (Å²) in [5.41, 5.74) is 0. The first-order valence-corrected chi connectivity index (χ1v) is 11.5. The Balaban J connectivity index is 1.76. The number of hydrogen-bond acceptors (Lipinski definition) is 7. The van der Waals surface area contributed by atoms with Gasteiger partial charge in [-0.3, -0.25) is 4.72 Å². The molecule has 0 aliphatic carbocycles. The summed E-state index contributed by atoms with van der Waals surface area (Å²) in [6.45, 7) is 2.50. The Kier molecular flexibility index (Phi) is 5.15. The summed E-state index contributed by atoms with van der Waals surface area (Å²) in [6.07, 6.45) is 0.556. The van der Waals surface area contributed by atoms with Gasteiger partial charge in [0, 0.05) is 12.6 Å². The van der Waals surface area contributed by atoms with Crippen molar-refractivity contribution < 1.29 is 16.8 Å². The van der Waals surface area contributed by atoms with Gasteiger partial charge in [-0.15, -0.1) is 10.2 Å². The number of aromatic nitrogens is 2. The number of sulfonamides is 1. The number of benzene rings is 1. The lowest BCUT2D eigenvalue weighted by molar-refractivity contribution is 0.597. The fourth-order valence-corrected chi connectivity index (χ4v) is 5.71. The predicted octanol–water partition coefficient (Wildman–Crippen LogP) is 1.29. The van der Waals surface area contributed by atoms with Gasteiger partial charge in [-0.2, -0.15) is 0 Å². The maximum Gasteiger partial charge on any atom is 0.263 e. The van der Waals surface area contributed by atoms with Crippen LogP contribution in [0.3, 0.4) is 0 Å². The van der Waals surface area contributed by atoms with Crippen molar-refractivity contribution >= 4 is 31.5 Å². The molecule has 1 N–H and O–H groups in total. The molecule has 0 radical (unpaired) electrons. The number of hydrogen-bond donors (Lipinski definition) is 1. The average molecular weight is 396 g/mol. The number of anilines is 2. The van der Waals surface area contributed by atoms with E-state index in [2.05, 4.69) is 14.9 Å². The summed E-state index contributed by atoms with van der Waals surface area (Å²) in [6, 6.07) is 11.0. The number of sulfone groups is 1. The third-order valence-electron chi connectivity index (χ3n) is 4.23. The third kappa shape index (κ3) is 4.13. The van der Waals surface area contributed by atoms with Crippen molar-refractivity contribution in [3.63, 3.8) is 0 Å². The highest BCUT2D eigenvalue weighted by molar-refractivity contribution is 7.92. The van der Waals surface area contributed by atoms with E-state index < -0.39 is 19.9 Å². The minimum absolute atomic E-state index is 0.102. The molecule has 1 aromatic carbocycles. The molecular formula is C16H20N4O4S2. The van der Waals surface area contributed by atoms with Crippen LogP contribution < -0.4 is 9.62 Å². The highest BCUT2D eigenvalue weighted by atomic mass is 32.2. The maximum atomic E-state index is 12.3. The summed E-state index contributed by atoms with van der Waals surface area (Å²) in [4.78, 5) is 2.02. The van der Waals surface area contributed by atoms with Crippen molar-refractivity contribution in [2.24, 2.45) is 0 Å². The molecule has 2 heterocycles. The first kappa shape index (κ1) is 18.6. The quantitative estimate of drug-likeness (QED) is 0.783. The van der Waals surface area contributed by atoms with Crippen LogP contribution in [-0.4, -0.2) is 51.1 Å². The summed E-state index contributed by atoms with van der Waals surface area (Å²) in [5.74, 6) is 0.909. The van der Waals surface area contributed by atoms with Crippen LogP contribution in [0.15, 0.2) is 47.4 Å². The highest BCUT2D eigenvalue weighted by Crippen LogP contribution is 2.23. The Morgan fingerprint density at radius 2 is 1.88 bits per heavy atom. The van der Waals surface area contributed by atoms with Crippen LogP contribution >= 0.6 is 0 Å². The average Bonchev–Trinajstić information content (AvgIpc) is 2.97. The smallest absolute Gasteiger partial charge is 0.263 e. The van der Waals surface area contributed by atoms with Crippen molar-refractivity contribution in [2.45, 2.75) is 24.3 Å². The molecule has 10 heteroatoms. The largest absolute Gasteiger partial charge is 0.351 e. The van der Waals surface area contributed by atoms with Crippen LogP contribution in [0.1, 0.15) is 13.3 Å². The van der Waals surface area contributed by atoms with Crippen LogP contribution in [0.25, 0.3) is 0 Å². The lowest BCUT2D eigenvalue weighted by atomic mass is 10.2. The van der Waals surface area contributed by atoms with E-state index in [1.807, 2.05) is 11.8 Å². The predicted molar refractivity (Wildman–Crippen MR) is 99.4 cm³/mol. The molecule has 0 saturated carbocycles. The van der Waals surface area contributed by atoms with Crippen LogP contribution in [0, 0.1) is 0 Å². The molecule has 1 fully saturated rings. The molecule has 1 saturated heterocycles. The second kappa shape index (κ2) is 7.20. The monoisotopic (exact) mass is 396 g/mol. The summed E-state index contributed by atoms with van der Waals surface area (Å²) >= 11 is 0. The highest BCUT2D eigenvalue weighted by Gasteiger charge is 2.32. The topological polar surface area (TPSA) is 109 Å². The Morgan fingerprint density at radius 3 is 2.42 bits per heavy atom. The van der Waals surface area contributed by atoms with Gasteiger partial charge < -0.3 is 4.90 Å². The van der Waals surface area contributed by atoms with Crippen molar-refractivity contribution in [3.05, 3.63) is 42.5 Å². The summed E-state index contributed by atoms with van der Waals surface area (Å²) in [7, 11) is -6.73. The normalized spacial score (nSPS) is 19.2. The van der Waals surface area contributed by atoms with E-state index in [9.17, 15) is 16.8 Å². The van der Waals surface area contributed by atoms with E-state index in [1.165, 1.54) is 18.2 Å². The lowest BCUT2D eigenvalue weighted by Crippen LogP contribution is -2.36. The van der Waals surface area contributed by atoms with Gasteiger partial charge in [-0.05, 0) is 37.6 Å². The Morgan fingerprint density at radius 1 is 1.15 bits per heavy atom. The zero-order valence-corrected chi connectivity index (χ0v) is 15.9. The molecule has 3 rings (SSSR count). The van der Waals surface area contributed by atoms with E-state index in [0.29, 0.717) is 18.8 Å². The third-order valence-corrected chi connectivity index (χ3v) is 7.35. The van der Waals surface area contributed by atoms with Gasteiger partial charge in [0.1, 0.15) is 0 Å². The van der Waals surface area contributed by atoms with Gasteiger partial charge in [0.25, 0.3) is 10.0 Å². The van der Waals surface area contributed by atoms with Crippen LogP contribution in [0.2, 0.25) is 0 Å². The fraction of sp³-hybridized carbons (Fsp3) is 0.375. The minimum atomic E-state index is -3.73. The Bertz CT molecular complexity index is 961. The molecule has 1 aromatic heterocycles. The number of nitrogens with one attached hydrogen (secondary N) is 1. The van der Waals surface area contributed by atoms with Gasteiger partial charge in [-0.25, -0.2) is 16.8 Å². The van der Waals surface area contributed by atoms with Crippen LogP contribution in [-0.2, 0) is 19.9 Å². The molecule has 1 atom stereocenters. The van der Waals surface area contributed by atoms with Crippen molar-refractivity contribution in [1.29, 1.82) is 0 Å². The van der Waals surface area contributed by atoms with E-state index in [-0.39, 0.29) is 28.3 Å². The molecule has 0 bridgehead atoms. The molecule has 1 unspecified atom stereocenters. The van der Waals surface area contributed by atoms with E-state index in [0.717, 1.165) is 0 Å². The van der Waals surface area contributed by atoms with Crippen molar-refractivity contribution in [2.75, 3.05) is 27.7 Å².